The Hall–Kier alpha value is -1.32. The highest BCUT2D eigenvalue weighted by Gasteiger charge is 2.19. The summed E-state index contributed by atoms with van der Waals surface area (Å²) in [5, 5.41) is 2.86. The van der Waals surface area contributed by atoms with E-state index in [4.69, 9.17) is 17.3 Å². The van der Waals surface area contributed by atoms with Crippen molar-refractivity contribution in [2.24, 2.45) is 5.73 Å². The summed E-state index contributed by atoms with van der Waals surface area (Å²) in [5.74, 6) is 0.991. The highest BCUT2D eigenvalue weighted by molar-refractivity contribution is 6.30. The molecule has 1 saturated heterocycles. The molecule has 1 aromatic carbocycles. The largest absolute Gasteiger partial charge is 0.356 e. The summed E-state index contributed by atoms with van der Waals surface area (Å²) in [7, 11) is 0. The van der Waals surface area contributed by atoms with Crippen LogP contribution < -0.4 is 10.6 Å². The van der Waals surface area contributed by atoms with Crippen molar-refractivity contribution >= 4 is 28.2 Å². The molecule has 0 amide bonds. The van der Waals surface area contributed by atoms with Crippen molar-refractivity contribution in [2.45, 2.75) is 18.9 Å². The van der Waals surface area contributed by atoms with Crippen LogP contribution in [0, 0.1) is 0 Å². The number of hydrogen-bond donors (Lipinski definition) is 1. The van der Waals surface area contributed by atoms with E-state index >= 15 is 0 Å². The third kappa shape index (κ3) is 2.16. The fraction of sp³-hybridized carbons (Fsp3) is 0.357. The van der Waals surface area contributed by atoms with Gasteiger partial charge >= 0.3 is 0 Å². The fourth-order valence-corrected chi connectivity index (χ4v) is 2.70. The first-order chi connectivity index (χ1) is 8.74. The minimum Gasteiger partial charge on any atom is -0.356 e. The molecule has 3 nitrogen and oxygen atoms in total. The number of nitrogens with zero attached hydrogens (tertiary/aromatic N) is 2. The number of benzene rings is 1. The van der Waals surface area contributed by atoms with E-state index in [0.717, 1.165) is 42.5 Å². The Labute approximate surface area is 112 Å². The van der Waals surface area contributed by atoms with Crippen LogP contribution >= 0.6 is 11.6 Å². The van der Waals surface area contributed by atoms with Gasteiger partial charge in [-0.2, -0.15) is 0 Å². The molecule has 2 aromatic rings. The monoisotopic (exact) mass is 261 g/mol. The fourth-order valence-electron chi connectivity index (χ4n) is 2.50. The molecule has 4 heteroatoms. The predicted molar refractivity (Wildman–Crippen MR) is 76.2 cm³/mol. The molecule has 0 aliphatic carbocycles. The minimum atomic E-state index is 0.326. The molecule has 2 heterocycles. The standard InChI is InChI=1S/C14H16ClN3/c15-13-9-10-3-1-2-4-12(10)14(17-13)18-7-5-11(16)6-8-18/h1-4,9,11H,5-8,16H2. The molecule has 0 radical (unpaired) electrons. The van der Waals surface area contributed by atoms with Crippen LogP contribution in [0.2, 0.25) is 5.15 Å². The molecule has 1 fully saturated rings. The second-order valence-corrected chi connectivity index (χ2v) is 5.20. The third-order valence-corrected chi connectivity index (χ3v) is 3.72. The number of nitrogens with two attached hydrogens (primary N) is 1. The number of rotatable bonds is 1. The normalized spacial score (nSPS) is 17.3. The van der Waals surface area contributed by atoms with Crippen LogP contribution in [-0.4, -0.2) is 24.1 Å². The molecule has 94 valence electrons. The van der Waals surface area contributed by atoms with Gasteiger partial charge in [0, 0.05) is 24.5 Å². The van der Waals surface area contributed by atoms with Gasteiger partial charge in [0.05, 0.1) is 0 Å². The Kier molecular flexibility index (Phi) is 3.10. The van der Waals surface area contributed by atoms with Gasteiger partial charge in [-0.3, -0.25) is 0 Å². The van der Waals surface area contributed by atoms with Gasteiger partial charge in [-0.1, -0.05) is 35.9 Å². The average Bonchev–Trinajstić information content (AvgIpc) is 2.38. The zero-order chi connectivity index (χ0) is 12.5. The van der Waals surface area contributed by atoms with E-state index in [1.165, 1.54) is 0 Å². The third-order valence-electron chi connectivity index (χ3n) is 3.53. The van der Waals surface area contributed by atoms with Crippen LogP contribution in [0.15, 0.2) is 30.3 Å². The molecule has 0 atom stereocenters. The predicted octanol–water partition coefficient (Wildman–Crippen LogP) is 2.82. The zero-order valence-corrected chi connectivity index (χ0v) is 10.9. The summed E-state index contributed by atoms with van der Waals surface area (Å²) in [6, 6.07) is 10.5. The summed E-state index contributed by atoms with van der Waals surface area (Å²) in [6.07, 6.45) is 2.03. The van der Waals surface area contributed by atoms with E-state index in [1.807, 2.05) is 18.2 Å². The van der Waals surface area contributed by atoms with Gasteiger partial charge in [-0.15, -0.1) is 0 Å². The van der Waals surface area contributed by atoms with E-state index in [9.17, 15) is 0 Å². The van der Waals surface area contributed by atoms with Crippen molar-refractivity contribution in [1.29, 1.82) is 0 Å². The Morgan fingerprint density at radius 3 is 2.72 bits per heavy atom. The second kappa shape index (κ2) is 4.75. The second-order valence-electron chi connectivity index (χ2n) is 4.81. The van der Waals surface area contributed by atoms with Gasteiger partial charge in [0.2, 0.25) is 0 Å². The molecule has 1 aliphatic heterocycles. The Balaban J connectivity index is 2.05. The van der Waals surface area contributed by atoms with Gasteiger partial charge in [0.15, 0.2) is 0 Å². The van der Waals surface area contributed by atoms with Gasteiger partial charge in [-0.05, 0) is 24.3 Å². The summed E-state index contributed by atoms with van der Waals surface area (Å²) in [6.45, 7) is 1.91. The van der Waals surface area contributed by atoms with Crippen molar-refractivity contribution in [3.05, 3.63) is 35.5 Å². The SMILES string of the molecule is NC1CCN(c2nc(Cl)cc3ccccc23)CC1. The van der Waals surface area contributed by atoms with E-state index in [2.05, 4.69) is 22.0 Å². The lowest BCUT2D eigenvalue weighted by Crippen LogP contribution is -2.40. The molecule has 0 spiro atoms. The van der Waals surface area contributed by atoms with Crippen LogP contribution in [-0.2, 0) is 0 Å². The topological polar surface area (TPSA) is 42.1 Å². The summed E-state index contributed by atoms with van der Waals surface area (Å²) in [4.78, 5) is 6.79. The van der Waals surface area contributed by atoms with Crippen LogP contribution in [0.3, 0.4) is 0 Å². The van der Waals surface area contributed by atoms with Crippen LogP contribution in [0.5, 0.6) is 0 Å². The Morgan fingerprint density at radius 1 is 1.22 bits per heavy atom. The number of piperidine rings is 1. The van der Waals surface area contributed by atoms with Crippen LogP contribution in [0.1, 0.15) is 12.8 Å². The van der Waals surface area contributed by atoms with Crippen molar-refractivity contribution in [3.8, 4) is 0 Å². The lowest BCUT2D eigenvalue weighted by atomic mass is 10.1. The van der Waals surface area contributed by atoms with Gasteiger partial charge in [-0.25, -0.2) is 4.98 Å². The maximum atomic E-state index is 6.11. The Bertz CT molecular complexity index is 562. The summed E-state index contributed by atoms with van der Waals surface area (Å²) < 4.78 is 0. The number of pyridine rings is 1. The summed E-state index contributed by atoms with van der Waals surface area (Å²) >= 11 is 6.11. The molecule has 0 unspecified atom stereocenters. The average molecular weight is 262 g/mol. The number of hydrogen-bond acceptors (Lipinski definition) is 3. The molecular weight excluding hydrogens is 246 g/mol. The molecule has 2 N–H and O–H groups in total. The molecule has 1 aromatic heterocycles. The van der Waals surface area contributed by atoms with E-state index in [-0.39, 0.29) is 0 Å². The first-order valence-corrected chi connectivity index (χ1v) is 6.67. The van der Waals surface area contributed by atoms with Crippen molar-refractivity contribution in [1.82, 2.24) is 4.98 Å². The minimum absolute atomic E-state index is 0.326. The van der Waals surface area contributed by atoms with Crippen LogP contribution in [0.4, 0.5) is 5.82 Å². The highest BCUT2D eigenvalue weighted by Crippen LogP contribution is 2.29. The molecule has 1 aliphatic rings. The maximum Gasteiger partial charge on any atom is 0.138 e. The smallest absolute Gasteiger partial charge is 0.138 e. The number of fused-ring (bicyclic) bond motifs is 1. The van der Waals surface area contributed by atoms with E-state index in [0.29, 0.717) is 11.2 Å². The molecule has 0 saturated carbocycles. The number of aromatic nitrogens is 1. The first kappa shape index (κ1) is 11.8. The van der Waals surface area contributed by atoms with Gasteiger partial charge < -0.3 is 10.6 Å². The highest BCUT2D eigenvalue weighted by atomic mass is 35.5. The molecule has 18 heavy (non-hydrogen) atoms. The van der Waals surface area contributed by atoms with Crippen molar-refractivity contribution in [3.63, 3.8) is 0 Å². The van der Waals surface area contributed by atoms with Gasteiger partial charge in [0.1, 0.15) is 11.0 Å². The maximum absolute atomic E-state index is 6.11. The first-order valence-electron chi connectivity index (χ1n) is 6.30. The zero-order valence-electron chi connectivity index (χ0n) is 10.1. The van der Waals surface area contributed by atoms with Crippen LogP contribution in [0.25, 0.3) is 10.8 Å². The van der Waals surface area contributed by atoms with Crippen molar-refractivity contribution < 1.29 is 0 Å². The molecular formula is C14H16ClN3. The molecule has 0 bridgehead atoms. The van der Waals surface area contributed by atoms with E-state index in [1.54, 1.807) is 0 Å². The van der Waals surface area contributed by atoms with Crippen molar-refractivity contribution in [2.75, 3.05) is 18.0 Å². The lowest BCUT2D eigenvalue weighted by Gasteiger charge is -2.31. The Morgan fingerprint density at radius 2 is 1.94 bits per heavy atom. The lowest BCUT2D eigenvalue weighted by molar-refractivity contribution is 0.499. The number of halogens is 1. The van der Waals surface area contributed by atoms with E-state index < -0.39 is 0 Å². The molecule has 3 rings (SSSR count). The number of anilines is 1. The van der Waals surface area contributed by atoms with Gasteiger partial charge in [0.25, 0.3) is 0 Å². The quantitative estimate of drug-likeness (QED) is 0.803. The summed E-state index contributed by atoms with van der Waals surface area (Å²) in [5.41, 5.74) is 5.94.